The molecule has 0 fully saturated rings. The van der Waals surface area contributed by atoms with Crippen molar-refractivity contribution in [3.05, 3.63) is 0 Å². The number of hydrogen-bond acceptors (Lipinski definition) is 2. The summed E-state index contributed by atoms with van der Waals surface area (Å²) in [6.07, 6.45) is 3.50. The molecular weight excluding hydrogens is 176 g/mol. The molecule has 0 aromatic carbocycles. The van der Waals surface area contributed by atoms with E-state index in [0.29, 0.717) is 5.88 Å². The largest absolute Gasteiger partial charge is 0.385 e. The highest BCUT2D eigenvalue weighted by Crippen LogP contribution is 2.06. The quantitative estimate of drug-likeness (QED) is 0.437. The van der Waals surface area contributed by atoms with Gasteiger partial charge < -0.3 is 9.47 Å². The number of unbranched alkanes of at least 4 members (excludes halogenated alkanes) is 1. The van der Waals surface area contributed by atoms with E-state index in [2.05, 4.69) is 0 Å². The van der Waals surface area contributed by atoms with Crippen molar-refractivity contribution in [3.63, 3.8) is 0 Å². The van der Waals surface area contributed by atoms with Crippen LogP contribution in [0, 0.1) is 0 Å². The summed E-state index contributed by atoms with van der Waals surface area (Å²) in [4.78, 5) is 0. The number of halogens is 1. The molecule has 0 aliphatic heterocycles. The average Bonchev–Trinajstić information content (AvgIpc) is 2.10. The van der Waals surface area contributed by atoms with E-state index in [0.717, 1.165) is 32.5 Å². The smallest absolute Gasteiger partial charge is 0.0710 e. The van der Waals surface area contributed by atoms with E-state index in [9.17, 15) is 0 Å². The zero-order valence-electron chi connectivity index (χ0n) is 8.01. The summed E-state index contributed by atoms with van der Waals surface area (Å²) in [7, 11) is 1.72. The van der Waals surface area contributed by atoms with E-state index in [1.807, 2.05) is 6.92 Å². The zero-order valence-corrected chi connectivity index (χ0v) is 8.77. The zero-order chi connectivity index (χ0) is 9.23. The van der Waals surface area contributed by atoms with Crippen LogP contribution in [-0.2, 0) is 9.47 Å². The van der Waals surface area contributed by atoms with E-state index >= 15 is 0 Å². The van der Waals surface area contributed by atoms with Crippen molar-refractivity contribution >= 4 is 11.6 Å². The van der Waals surface area contributed by atoms with E-state index in [1.54, 1.807) is 7.11 Å². The molecule has 0 aromatic heterocycles. The van der Waals surface area contributed by atoms with Crippen molar-refractivity contribution in [2.75, 3.05) is 26.2 Å². The van der Waals surface area contributed by atoms with Crippen LogP contribution >= 0.6 is 11.6 Å². The Morgan fingerprint density at radius 3 is 2.58 bits per heavy atom. The topological polar surface area (TPSA) is 18.5 Å². The predicted molar refractivity (Wildman–Crippen MR) is 51.9 cm³/mol. The SMILES string of the molecule is CCOC(CCl)CCCCOC. The fourth-order valence-electron chi connectivity index (χ4n) is 1.06. The first-order valence-corrected chi connectivity index (χ1v) is 5.05. The summed E-state index contributed by atoms with van der Waals surface area (Å²) in [5, 5.41) is 0. The highest BCUT2D eigenvalue weighted by atomic mass is 35.5. The minimum atomic E-state index is 0.230. The van der Waals surface area contributed by atoms with Crippen LogP contribution in [0.25, 0.3) is 0 Å². The van der Waals surface area contributed by atoms with Crippen molar-refractivity contribution in [2.24, 2.45) is 0 Å². The summed E-state index contributed by atoms with van der Waals surface area (Å²) < 4.78 is 10.3. The number of ether oxygens (including phenoxy) is 2. The monoisotopic (exact) mass is 194 g/mol. The molecule has 0 amide bonds. The molecule has 0 bridgehead atoms. The molecule has 0 N–H and O–H groups in total. The fraction of sp³-hybridized carbons (Fsp3) is 1.00. The average molecular weight is 195 g/mol. The van der Waals surface area contributed by atoms with Gasteiger partial charge in [0.05, 0.1) is 6.10 Å². The van der Waals surface area contributed by atoms with Crippen LogP contribution in [0.5, 0.6) is 0 Å². The van der Waals surface area contributed by atoms with Gasteiger partial charge in [-0.2, -0.15) is 0 Å². The van der Waals surface area contributed by atoms with Gasteiger partial charge in [0.2, 0.25) is 0 Å². The number of rotatable bonds is 8. The van der Waals surface area contributed by atoms with Crippen molar-refractivity contribution in [3.8, 4) is 0 Å². The molecule has 2 nitrogen and oxygen atoms in total. The molecule has 74 valence electrons. The molecule has 1 unspecified atom stereocenters. The molecule has 0 saturated carbocycles. The predicted octanol–water partition coefficient (Wildman–Crippen LogP) is 2.45. The van der Waals surface area contributed by atoms with Crippen LogP contribution in [-0.4, -0.2) is 32.3 Å². The Morgan fingerprint density at radius 1 is 1.33 bits per heavy atom. The molecule has 0 radical (unpaired) electrons. The fourth-order valence-corrected chi connectivity index (χ4v) is 1.30. The molecule has 0 rings (SSSR count). The van der Waals surface area contributed by atoms with Crippen molar-refractivity contribution in [2.45, 2.75) is 32.3 Å². The van der Waals surface area contributed by atoms with Gasteiger partial charge in [-0.15, -0.1) is 11.6 Å². The molecular formula is C9H19ClO2. The maximum atomic E-state index is 5.70. The second kappa shape index (κ2) is 9.30. The third-order valence-electron chi connectivity index (χ3n) is 1.70. The second-order valence-corrected chi connectivity index (χ2v) is 3.03. The molecule has 1 atom stereocenters. The van der Waals surface area contributed by atoms with E-state index < -0.39 is 0 Å². The Morgan fingerprint density at radius 2 is 2.08 bits per heavy atom. The molecule has 12 heavy (non-hydrogen) atoms. The summed E-state index contributed by atoms with van der Waals surface area (Å²) in [5.74, 6) is 0.598. The molecule has 0 heterocycles. The maximum Gasteiger partial charge on any atom is 0.0710 e. The Bertz CT molecular complexity index is 88.6. The van der Waals surface area contributed by atoms with E-state index in [4.69, 9.17) is 21.1 Å². The first-order valence-electron chi connectivity index (χ1n) is 4.51. The van der Waals surface area contributed by atoms with Gasteiger partial charge in [0.15, 0.2) is 0 Å². The van der Waals surface area contributed by atoms with Gasteiger partial charge in [-0.1, -0.05) is 0 Å². The van der Waals surface area contributed by atoms with Gasteiger partial charge in [-0.05, 0) is 26.2 Å². The lowest BCUT2D eigenvalue weighted by molar-refractivity contribution is 0.0689. The first-order chi connectivity index (χ1) is 5.85. The molecule has 0 aromatic rings. The first kappa shape index (κ1) is 12.2. The van der Waals surface area contributed by atoms with Gasteiger partial charge in [-0.25, -0.2) is 0 Å². The van der Waals surface area contributed by atoms with Crippen LogP contribution in [0.3, 0.4) is 0 Å². The number of alkyl halides is 1. The third-order valence-corrected chi connectivity index (χ3v) is 2.04. The van der Waals surface area contributed by atoms with Crippen LogP contribution in [0.4, 0.5) is 0 Å². The Kier molecular flexibility index (Phi) is 9.46. The van der Waals surface area contributed by atoms with Crippen molar-refractivity contribution < 1.29 is 9.47 Å². The molecule has 0 aliphatic rings. The number of methoxy groups -OCH3 is 1. The third kappa shape index (κ3) is 6.89. The Balaban J connectivity index is 3.19. The van der Waals surface area contributed by atoms with E-state index in [1.165, 1.54) is 0 Å². The molecule has 3 heteroatoms. The maximum absolute atomic E-state index is 5.70. The van der Waals surface area contributed by atoms with Crippen molar-refractivity contribution in [1.29, 1.82) is 0 Å². The lowest BCUT2D eigenvalue weighted by Gasteiger charge is -2.12. The van der Waals surface area contributed by atoms with Crippen LogP contribution in [0.2, 0.25) is 0 Å². The molecule has 0 spiro atoms. The van der Waals surface area contributed by atoms with Crippen LogP contribution in [0.15, 0.2) is 0 Å². The van der Waals surface area contributed by atoms with Gasteiger partial charge in [0, 0.05) is 26.2 Å². The molecule has 0 saturated heterocycles. The van der Waals surface area contributed by atoms with Gasteiger partial charge in [0.25, 0.3) is 0 Å². The lowest BCUT2D eigenvalue weighted by Crippen LogP contribution is -2.14. The highest BCUT2D eigenvalue weighted by molar-refractivity contribution is 6.18. The van der Waals surface area contributed by atoms with Crippen molar-refractivity contribution in [1.82, 2.24) is 0 Å². The minimum Gasteiger partial charge on any atom is -0.385 e. The highest BCUT2D eigenvalue weighted by Gasteiger charge is 2.05. The second-order valence-electron chi connectivity index (χ2n) is 2.72. The Labute approximate surface area is 80.2 Å². The summed E-state index contributed by atoms with van der Waals surface area (Å²) in [6, 6.07) is 0. The normalized spacial score (nSPS) is 13.2. The van der Waals surface area contributed by atoms with Crippen LogP contribution in [0.1, 0.15) is 26.2 Å². The summed E-state index contributed by atoms with van der Waals surface area (Å²) in [5.41, 5.74) is 0. The summed E-state index contributed by atoms with van der Waals surface area (Å²) in [6.45, 7) is 3.58. The minimum absolute atomic E-state index is 0.230. The molecule has 0 aliphatic carbocycles. The lowest BCUT2D eigenvalue weighted by atomic mass is 10.2. The van der Waals surface area contributed by atoms with Gasteiger partial charge in [0.1, 0.15) is 0 Å². The summed E-state index contributed by atoms with van der Waals surface area (Å²) >= 11 is 5.70. The van der Waals surface area contributed by atoms with Gasteiger partial charge in [-0.3, -0.25) is 0 Å². The standard InChI is InChI=1S/C9H19ClO2/c1-3-12-9(8-10)6-4-5-7-11-2/h9H,3-8H2,1-2H3. The van der Waals surface area contributed by atoms with E-state index in [-0.39, 0.29) is 6.10 Å². The van der Waals surface area contributed by atoms with Gasteiger partial charge >= 0.3 is 0 Å². The Hall–Kier alpha value is 0.210. The van der Waals surface area contributed by atoms with Crippen LogP contribution < -0.4 is 0 Å². The number of hydrogen-bond donors (Lipinski definition) is 0.